The number of carbonyl (C=O) groups excluding carboxylic acids is 3. The Bertz CT molecular complexity index is 893. The molecule has 0 bridgehead atoms. The first kappa shape index (κ1) is 32.4. The fourth-order valence-corrected chi connectivity index (χ4v) is 2.74. The molecular formula is C19H21Cl6N3O8. The van der Waals surface area contributed by atoms with Crippen LogP contribution in [0.1, 0.15) is 24.8 Å². The number of hydrogen-bond donors (Lipinski definition) is 2. The number of alkyl carbamates (subject to hydrolysis) is 2. The van der Waals surface area contributed by atoms with E-state index in [1.54, 1.807) is 0 Å². The van der Waals surface area contributed by atoms with Crippen LogP contribution >= 0.6 is 69.6 Å². The van der Waals surface area contributed by atoms with Gasteiger partial charge in [-0.2, -0.15) is 0 Å². The zero-order valence-electron chi connectivity index (χ0n) is 18.3. The van der Waals surface area contributed by atoms with Gasteiger partial charge < -0.3 is 24.8 Å². The molecule has 1 aromatic rings. The van der Waals surface area contributed by atoms with E-state index < -0.39 is 49.9 Å². The van der Waals surface area contributed by atoms with E-state index in [1.807, 2.05) is 0 Å². The first-order valence-corrected chi connectivity index (χ1v) is 12.3. The molecule has 1 rings (SSSR count). The molecule has 0 saturated carbocycles. The van der Waals surface area contributed by atoms with E-state index in [1.165, 1.54) is 24.3 Å². The van der Waals surface area contributed by atoms with Crippen molar-refractivity contribution >= 4 is 93.4 Å². The largest absolute Gasteiger partial charge is 0.459 e. The van der Waals surface area contributed by atoms with Crippen molar-refractivity contribution in [1.29, 1.82) is 0 Å². The molecule has 0 unspecified atom stereocenters. The molecule has 0 saturated heterocycles. The number of nitro benzene ring substituents is 1. The summed E-state index contributed by atoms with van der Waals surface area (Å²) in [5.41, 5.74) is 0.371. The predicted molar refractivity (Wildman–Crippen MR) is 135 cm³/mol. The van der Waals surface area contributed by atoms with Crippen molar-refractivity contribution in [2.45, 2.75) is 39.5 Å². The van der Waals surface area contributed by atoms with Gasteiger partial charge in [0.1, 0.15) is 25.9 Å². The van der Waals surface area contributed by atoms with Crippen LogP contribution in [0, 0.1) is 10.1 Å². The third kappa shape index (κ3) is 15.5. The second-order valence-corrected chi connectivity index (χ2v) is 12.1. The SMILES string of the molecule is O=C(NCCCC[C@H](NC(=O)OCC(Cl)(Cl)Cl)C(=O)OCc1ccc([N+](=O)[O-])cc1)OCC(Cl)(Cl)Cl. The Hall–Kier alpha value is -1.63. The van der Waals surface area contributed by atoms with Gasteiger partial charge in [-0.05, 0) is 37.0 Å². The average Bonchev–Trinajstić information content (AvgIpc) is 2.78. The zero-order valence-corrected chi connectivity index (χ0v) is 22.9. The number of nitrogens with one attached hydrogen (secondary N) is 2. The highest BCUT2D eigenvalue weighted by Crippen LogP contribution is 2.26. The zero-order chi connectivity index (χ0) is 27.4. The van der Waals surface area contributed by atoms with Gasteiger partial charge in [-0.3, -0.25) is 10.1 Å². The lowest BCUT2D eigenvalue weighted by molar-refractivity contribution is -0.384. The highest BCUT2D eigenvalue weighted by molar-refractivity contribution is 6.68. The number of halogens is 6. The Morgan fingerprint density at radius 2 is 1.44 bits per heavy atom. The molecule has 0 heterocycles. The van der Waals surface area contributed by atoms with Crippen molar-refractivity contribution in [2.24, 2.45) is 0 Å². The Balaban J connectivity index is 2.59. The van der Waals surface area contributed by atoms with Crippen LogP contribution in [0.15, 0.2) is 24.3 Å². The number of nitrogens with zero attached hydrogens (tertiary/aromatic N) is 1. The maximum atomic E-state index is 12.6. The number of benzene rings is 1. The molecule has 1 aromatic carbocycles. The number of amides is 2. The van der Waals surface area contributed by atoms with Crippen LogP contribution < -0.4 is 10.6 Å². The van der Waals surface area contributed by atoms with Crippen molar-refractivity contribution in [3.8, 4) is 0 Å². The maximum absolute atomic E-state index is 12.6. The minimum absolute atomic E-state index is 0.104. The Morgan fingerprint density at radius 3 is 1.97 bits per heavy atom. The molecular weight excluding hydrogens is 611 g/mol. The number of non-ortho nitro benzene ring substituents is 1. The van der Waals surface area contributed by atoms with E-state index in [9.17, 15) is 24.5 Å². The van der Waals surface area contributed by atoms with Gasteiger partial charge >= 0.3 is 18.2 Å². The number of unbranched alkanes of at least 4 members (excludes halogenated alkanes) is 1. The van der Waals surface area contributed by atoms with Gasteiger partial charge in [0, 0.05) is 18.7 Å². The van der Waals surface area contributed by atoms with E-state index in [-0.39, 0.29) is 25.3 Å². The first-order valence-electron chi connectivity index (χ1n) is 10.0. The summed E-state index contributed by atoms with van der Waals surface area (Å²) in [6.45, 7) is -1.03. The normalized spacial score (nSPS) is 12.3. The summed E-state index contributed by atoms with van der Waals surface area (Å²) in [6, 6.07) is 4.24. The smallest absolute Gasteiger partial charge is 0.407 e. The van der Waals surface area contributed by atoms with Crippen LogP contribution in [-0.4, -0.2) is 56.5 Å². The van der Waals surface area contributed by atoms with Crippen LogP contribution in [-0.2, 0) is 25.6 Å². The fraction of sp³-hybridized carbons (Fsp3) is 0.526. The summed E-state index contributed by atoms with van der Waals surface area (Å²) in [5, 5.41) is 15.5. The summed E-state index contributed by atoms with van der Waals surface area (Å²) in [5.74, 6) is -0.797. The van der Waals surface area contributed by atoms with Crippen LogP contribution in [0.25, 0.3) is 0 Å². The topological polar surface area (TPSA) is 146 Å². The minimum Gasteiger partial charge on any atom is -0.459 e. The van der Waals surface area contributed by atoms with Crippen molar-refractivity contribution in [1.82, 2.24) is 10.6 Å². The van der Waals surface area contributed by atoms with Crippen molar-refractivity contribution in [3.63, 3.8) is 0 Å². The molecule has 0 radical (unpaired) electrons. The summed E-state index contributed by atoms with van der Waals surface area (Å²) < 4.78 is 11.1. The molecule has 0 aliphatic heterocycles. The molecule has 0 spiro atoms. The third-order valence-corrected chi connectivity index (χ3v) is 4.68. The van der Waals surface area contributed by atoms with E-state index in [4.69, 9.17) is 83.8 Å². The predicted octanol–water partition coefficient (Wildman–Crippen LogP) is 5.37. The average molecular weight is 632 g/mol. The number of esters is 1. The van der Waals surface area contributed by atoms with E-state index in [0.717, 1.165) is 0 Å². The molecule has 0 aromatic heterocycles. The molecule has 0 aliphatic rings. The molecule has 2 amide bonds. The molecule has 17 heteroatoms. The quantitative estimate of drug-likeness (QED) is 0.0782. The standard InChI is InChI=1S/C19H21Cl6N3O8/c20-18(21,22)10-35-16(30)26-8-2-1-3-14(27-17(31)36-11-19(23,24)25)15(29)34-9-12-4-6-13(7-5-12)28(32)33/h4-7,14H,1-3,8-11H2,(H,26,30)(H,27,31)/t14-/m0/s1. The van der Waals surface area contributed by atoms with E-state index >= 15 is 0 Å². The van der Waals surface area contributed by atoms with Crippen LogP contribution in [0.4, 0.5) is 15.3 Å². The van der Waals surface area contributed by atoms with Gasteiger partial charge in [-0.25, -0.2) is 14.4 Å². The minimum atomic E-state index is -1.85. The molecule has 36 heavy (non-hydrogen) atoms. The lowest BCUT2D eigenvalue weighted by Gasteiger charge is -2.19. The highest BCUT2D eigenvalue weighted by Gasteiger charge is 2.26. The molecule has 1 atom stereocenters. The van der Waals surface area contributed by atoms with Crippen molar-refractivity contribution < 1.29 is 33.5 Å². The van der Waals surface area contributed by atoms with Gasteiger partial charge in [0.05, 0.1) is 4.92 Å². The van der Waals surface area contributed by atoms with Crippen LogP contribution in [0.2, 0.25) is 0 Å². The van der Waals surface area contributed by atoms with Gasteiger partial charge in [0.25, 0.3) is 5.69 Å². The molecule has 202 valence electrons. The van der Waals surface area contributed by atoms with Crippen LogP contribution in [0.3, 0.4) is 0 Å². The summed E-state index contributed by atoms with van der Waals surface area (Å²) in [6.07, 6.45) is -0.972. The first-order chi connectivity index (χ1) is 16.7. The molecule has 11 nitrogen and oxygen atoms in total. The summed E-state index contributed by atoms with van der Waals surface area (Å²) in [4.78, 5) is 46.3. The lowest BCUT2D eigenvalue weighted by Crippen LogP contribution is -2.42. The molecule has 0 fully saturated rings. The lowest BCUT2D eigenvalue weighted by atomic mass is 10.1. The second-order valence-electron chi connectivity index (χ2n) is 7.03. The monoisotopic (exact) mass is 629 g/mol. The van der Waals surface area contributed by atoms with Gasteiger partial charge in [-0.15, -0.1) is 0 Å². The molecule has 2 N–H and O–H groups in total. The van der Waals surface area contributed by atoms with Gasteiger partial charge in [0.15, 0.2) is 0 Å². The number of nitro groups is 1. The van der Waals surface area contributed by atoms with Gasteiger partial charge in [0.2, 0.25) is 7.59 Å². The highest BCUT2D eigenvalue weighted by atomic mass is 35.6. The fourth-order valence-electron chi connectivity index (χ4n) is 2.41. The number of alkyl halides is 6. The number of hydrogen-bond acceptors (Lipinski definition) is 8. The van der Waals surface area contributed by atoms with Crippen molar-refractivity contribution in [2.75, 3.05) is 19.8 Å². The summed E-state index contributed by atoms with van der Waals surface area (Å²) >= 11 is 33.1. The Morgan fingerprint density at radius 1 is 0.889 bits per heavy atom. The maximum Gasteiger partial charge on any atom is 0.407 e. The Labute approximate surface area is 236 Å². The second kappa shape index (κ2) is 15.6. The number of carbonyl (C=O) groups is 3. The summed E-state index contributed by atoms with van der Waals surface area (Å²) in [7, 11) is 0. The van der Waals surface area contributed by atoms with Gasteiger partial charge in [-0.1, -0.05) is 69.6 Å². The molecule has 0 aliphatic carbocycles. The van der Waals surface area contributed by atoms with Crippen molar-refractivity contribution in [3.05, 3.63) is 39.9 Å². The van der Waals surface area contributed by atoms with E-state index in [2.05, 4.69) is 10.6 Å². The number of ether oxygens (including phenoxy) is 3. The third-order valence-electron chi connectivity index (χ3n) is 4.03. The van der Waals surface area contributed by atoms with Crippen LogP contribution in [0.5, 0.6) is 0 Å². The van der Waals surface area contributed by atoms with E-state index in [0.29, 0.717) is 18.4 Å². The number of rotatable bonds is 12. The Kier molecular flexibility index (Phi) is 14.0.